The molecule has 4 rings (SSSR count). The lowest BCUT2D eigenvalue weighted by Crippen LogP contribution is -2.38. The Labute approximate surface area is 231 Å². The number of Topliss-reactive ketones (excluding diaryl/α,β-unsaturated/α-hetero) is 1. The predicted octanol–water partition coefficient (Wildman–Crippen LogP) is 5.76. The van der Waals surface area contributed by atoms with Gasteiger partial charge in [-0.25, -0.2) is 0 Å². The molecule has 1 saturated carbocycles. The zero-order chi connectivity index (χ0) is 27.4. The molecule has 2 aromatic rings. The molecule has 0 spiro atoms. The summed E-state index contributed by atoms with van der Waals surface area (Å²) in [5, 5.41) is 2.51. The van der Waals surface area contributed by atoms with E-state index in [4.69, 9.17) is 11.6 Å². The van der Waals surface area contributed by atoms with Gasteiger partial charge in [-0.1, -0.05) is 42.9 Å². The van der Waals surface area contributed by atoms with Crippen molar-refractivity contribution in [2.24, 2.45) is 11.8 Å². The lowest BCUT2D eigenvalue weighted by Gasteiger charge is -2.27. The summed E-state index contributed by atoms with van der Waals surface area (Å²) in [6.07, 6.45) is 6.44. The topological polar surface area (TPSA) is 49.4 Å². The number of thioether (sulfide) groups is 1. The van der Waals surface area contributed by atoms with E-state index in [1.165, 1.54) is 6.92 Å². The third-order valence-electron chi connectivity index (χ3n) is 7.27. The first kappa shape index (κ1) is 28.4. The summed E-state index contributed by atoms with van der Waals surface area (Å²) in [6, 6.07) is 10.9. The van der Waals surface area contributed by atoms with Crippen molar-refractivity contribution in [3.8, 4) is 0 Å². The number of aryl methyl sites for hydroxylation is 1. The van der Waals surface area contributed by atoms with Gasteiger partial charge in [-0.05, 0) is 84.5 Å². The summed E-state index contributed by atoms with van der Waals surface area (Å²) in [4.78, 5) is 27.9. The number of halogens is 3. The van der Waals surface area contributed by atoms with E-state index in [9.17, 15) is 18.4 Å². The van der Waals surface area contributed by atoms with Crippen molar-refractivity contribution in [2.75, 3.05) is 18.8 Å². The number of alkyl halides is 2. The molecular formula is C30H33ClF2N2O2S. The molecule has 0 aromatic heterocycles. The van der Waals surface area contributed by atoms with Gasteiger partial charge in [0.1, 0.15) is 0 Å². The summed E-state index contributed by atoms with van der Waals surface area (Å²) in [7, 11) is 0. The SMILES string of the molecule is C=C1C=c2cc(C)c(C(=O)NCCSC(F)(F)CC)cc2=CN1CC1CCC(C(=O)c2ccc(Cl)cc2)C1. The van der Waals surface area contributed by atoms with E-state index in [1.807, 2.05) is 31.3 Å². The van der Waals surface area contributed by atoms with E-state index < -0.39 is 5.25 Å². The molecule has 1 N–H and O–H groups in total. The van der Waals surface area contributed by atoms with Crippen LogP contribution in [0.5, 0.6) is 0 Å². The van der Waals surface area contributed by atoms with Crippen molar-refractivity contribution >= 4 is 47.3 Å². The lowest BCUT2D eigenvalue weighted by atomic mass is 9.95. The van der Waals surface area contributed by atoms with E-state index in [-0.39, 0.29) is 36.3 Å². The number of benzene rings is 2. The quantitative estimate of drug-likeness (QED) is 0.297. The molecule has 1 fully saturated rings. The van der Waals surface area contributed by atoms with E-state index in [2.05, 4.69) is 16.8 Å². The smallest absolute Gasteiger partial charge is 0.293 e. The van der Waals surface area contributed by atoms with Gasteiger partial charge >= 0.3 is 0 Å². The van der Waals surface area contributed by atoms with Crippen LogP contribution in [0.2, 0.25) is 5.02 Å². The van der Waals surface area contributed by atoms with Crippen molar-refractivity contribution in [1.82, 2.24) is 10.2 Å². The normalized spacial score (nSPS) is 19.0. The molecule has 1 heterocycles. The Morgan fingerprint density at radius 1 is 1.18 bits per heavy atom. The minimum absolute atomic E-state index is 0.00360. The molecule has 2 aromatic carbocycles. The summed E-state index contributed by atoms with van der Waals surface area (Å²) in [6.45, 7) is 8.46. The molecular weight excluding hydrogens is 526 g/mol. The van der Waals surface area contributed by atoms with Crippen molar-refractivity contribution in [3.63, 3.8) is 0 Å². The first-order valence-electron chi connectivity index (χ1n) is 13.0. The molecule has 1 aliphatic carbocycles. The molecule has 38 heavy (non-hydrogen) atoms. The lowest BCUT2D eigenvalue weighted by molar-refractivity contribution is 0.0918. The zero-order valence-electron chi connectivity index (χ0n) is 21.7. The Bertz CT molecular complexity index is 1340. The number of carbonyl (C=O) groups is 2. The standard InChI is InChI=1S/C30H33ClF2N2O2S/c1-4-30(32,33)38-12-11-34-29(37)27-16-25-18-35(20(3)14-24(25)13-19(27)2)17-21-5-6-23(15-21)28(36)22-7-9-26(31)10-8-22/h7-10,13-14,16,18,21,23H,3-6,11-12,15,17H2,1-2H3,(H,34,37). The fourth-order valence-electron chi connectivity index (χ4n) is 5.08. The van der Waals surface area contributed by atoms with E-state index in [1.54, 1.807) is 24.3 Å². The van der Waals surface area contributed by atoms with Gasteiger partial charge in [-0.3, -0.25) is 9.59 Å². The van der Waals surface area contributed by atoms with Crippen molar-refractivity contribution in [1.29, 1.82) is 0 Å². The van der Waals surface area contributed by atoms with E-state index in [0.29, 0.717) is 33.8 Å². The summed E-state index contributed by atoms with van der Waals surface area (Å²) in [5.41, 5.74) is 2.92. The van der Waals surface area contributed by atoms with Crippen LogP contribution in [0.1, 0.15) is 58.9 Å². The monoisotopic (exact) mass is 558 g/mol. The second-order valence-corrected chi connectivity index (χ2v) is 11.8. The summed E-state index contributed by atoms with van der Waals surface area (Å²) >= 11 is 6.52. The number of carbonyl (C=O) groups excluding carboxylic acids is 2. The zero-order valence-corrected chi connectivity index (χ0v) is 23.3. The number of ketones is 1. The van der Waals surface area contributed by atoms with Crippen LogP contribution in [0, 0.1) is 18.8 Å². The number of amides is 1. The number of hydrogen-bond acceptors (Lipinski definition) is 4. The third kappa shape index (κ3) is 6.86. The number of rotatable bonds is 10. The van der Waals surface area contributed by atoms with E-state index >= 15 is 0 Å². The molecule has 0 bridgehead atoms. The van der Waals surface area contributed by atoms with Gasteiger partial charge < -0.3 is 10.2 Å². The first-order chi connectivity index (χ1) is 18.1. The molecule has 0 saturated heterocycles. The van der Waals surface area contributed by atoms with E-state index in [0.717, 1.165) is 47.5 Å². The number of nitrogens with one attached hydrogen (secondary N) is 1. The van der Waals surface area contributed by atoms with Gasteiger partial charge in [0.05, 0.1) is 0 Å². The van der Waals surface area contributed by atoms with Gasteiger partial charge in [0.25, 0.3) is 11.2 Å². The Morgan fingerprint density at radius 3 is 2.63 bits per heavy atom. The summed E-state index contributed by atoms with van der Waals surface area (Å²) < 4.78 is 26.9. The van der Waals surface area contributed by atoms with Crippen LogP contribution in [0.15, 0.2) is 48.7 Å². The largest absolute Gasteiger partial charge is 0.351 e. The molecule has 4 nitrogen and oxygen atoms in total. The highest BCUT2D eigenvalue weighted by Crippen LogP contribution is 2.35. The highest BCUT2D eigenvalue weighted by molar-refractivity contribution is 8.00. The molecule has 1 amide bonds. The minimum Gasteiger partial charge on any atom is -0.351 e. The Morgan fingerprint density at radius 2 is 1.92 bits per heavy atom. The van der Waals surface area contributed by atoms with Crippen LogP contribution in [0.3, 0.4) is 0 Å². The average molecular weight is 559 g/mol. The van der Waals surface area contributed by atoms with Gasteiger partial charge in [-0.15, -0.1) is 0 Å². The van der Waals surface area contributed by atoms with Crippen LogP contribution in [0.4, 0.5) is 8.78 Å². The molecule has 2 atom stereocenters. The number of allylic oxidation sites excluding steroid dienone is 1. The number of fused-ring (bicyclic) bond motifs is 1. The third-order valence-corrected chi connectivity index (χ3v) is 8.64. The maximum atomic E-state index is 13.4. The average Bonchev–Trinajstić information content (AvgIpc) is 3.35. The van der Waals surface area contributed by atoms with Crippen LogP contribution < -0.4 is 15.8 Å². The Kier molecular flexibility index (Phi) is 8.99. The minimum atomic E-state index is -2.77. The first-order valence-corrected chi connectivity index (χ1v) is 14.3. The molecule has 202 valence electrons. The van der Waals surface area contributed by atoms with Crippen LogP contribution in [0.25, 0.3) is 12.3 Å². The Hall–Kier alpha value is -2.64. The maximum absolute atomic E-state index is 13.4. The Balaban J connectivity index is 1.41. The van der Waals surface area contributed by atoms with Crippen molar-refractivity contribution in [2.45, 2.75) is 44.8 Å². The summed E-state index contributed by atoms with van der Waals surface area (Å²) in [5.74, 6) is 0.405. The van der Waals surface area contributed by atoms with Crippen molar-refractivity contribution in [3.05, 3.63) is 80.8 Å². The van der Waals surface area contributed by atoms with Gasteiger partial charge in [-0.2, -0.15) is 8.78 Å². The highest BCUT2D eigenvalue weighted by atomic mass is 35.5. The van der Waals surface area contributed by atoms with Crippen LogP contribution in [-0.4, -0.2) is 40.7 Å². The van der Waals surface area contributed by atoms with Crippen LogP contribution in [-0.2, 0) is 0 Å². The van der Waals surface area contributed by atoms with Gasteiger partial charge in [0.2, 0.25) is 0 Å². The van der Waals surface area contributed by atoms with Crippen molar-refractivity contribution < 1.29 is 18.4 Å². The highest BCUT2D eigenvalue weighted by Gasteiger charge is 2.31. The molecule has 2 unspecified atom stereocenters. The van der Waals surface area contributed by atoms with Crippen LogP contribution >= 0.6 is 23.4 Å². The molecule has 0 radical (unpaired) electrons. The van der Waals surface area contributed by atoms with Gasteiger partial charge in [0.15, 0.2) is 5.78 Å². The predicted molar refractivity (Wildman–Crippen MR) is 152 cm³/mol. The fourth-order valence-corrected chi connectivity index (χ4v) is 5.91. The molecule has 1 aliphatic heterocycles. The molecule has 2 aliphatic rings. The maximum Gasteiger partial charge on any atom is 0.293 e. The fraction of sp³-hybridized carbons (Fsp3) is 0.400. The number of nitrogens with zero attached hydrogens (tertiary/aromatic N) is 1. The second-order valence-electron chi connectivity index (χ2n) is 10.1. The number of hydrogen-bond donors (Lipinski definition) is 1. The molecule has 8 heteroatoms. The second kappa shape index (κ2) is 12.0. The van der Waals surface area contributed by atoms with Gasteiger partial charge in [0, 0.05) is 59.2 Å².